The van der Waals surface area contributed by atoms with Crippen LogP contribution in [0, 0.1) is 11.3 Å². The lowest BCUT2D eigenvalue weighted by molar-refractivity contribution is -0.113. The van der Waals surface area contributed by atoms with Crippen LogP contribution in [0.25, 0.3) is 6.08 Å². The first-order valence-electron chi connectivity index (χ1n) is 15.3. The van der Waals surface area contributed by atoms with E-state index in [4.69, 9.17) is 19.2 Å². The molecular weight excluding hydrogens is 625 g/mol. The summed E-state index contributed by atoms with van der Waals surface area (Å²) in [5.74, 6) is 1.25. The molecule has 48 heavy (non-hydrogen) atoms. The molecule has 10 heteroatoms. The van der Waals surface area contributed by atoms with E-state index in [1.807, 2.05) is 85.8 Å². The number of fused-ring (bicyclic) bond motifs is 1. The number of carbonyl (C=O) groups excluding carboxylic acids is 1. The number of thiazole rings is 1. The second-order valence-electron chi connectivity index (χ2n) is 10.8. The van der Waals surface area contributed by atoms with Gasteiger partial charge in [-0.15, -0.1) is 0 Å². The van der Waals surface area contributed by atoms with Gasteiger partial charge in [-0.2, -0.15) is 5.26 Å². The van der Waals surface area contributed by atoms with E-state index in [0.717, 1.165) is 11.1 Å². The van der Waals surface area contributed by atoms with Gasteiger partial charge in [0, 0.05) is 16.8 Å². The highest BCUT2D eigenvalue weighted by molar-refractivity contribution is 7.07. The van der Waals surface area contributed by atoms with E-state index >= 15 is 0 Å². The Labute approximate surface area is 281 Å². The van der Waals surface area contributed by atoms with Crippen LogP contribution in [0.15, 0.2) is 118 Å². The van der Waals surface area contributed by atoms with Crippen molar-refractivity contribution in [3.05, 3.63) is 150 Å². The minimum absolute atomic E-state index is 0.128. The van der Waals surface area contributed by atoms with Gasteiger partial charge in [0.05, 0.1) is 47.2 Å². The lowest BCUT2D eigenvalue weighted by Crippen LogP contribution is -2.40. The maximum Gasteiger partial charge on any atom is 0.271 e. The van der Waals surface area contributed by atoms with E-state index in [-0.39, 0.29) is 18.1 Å². The second-order valence-corrected chi connectivity index (χ2v) is 11.8. The second kappa shape index (κ2) is 14.2. The topological polar surface area (TPSA) is 115 Å². The first kappa shape index (κ1) is 32.0. The fourth-order valence-electron chi connectivity index (χ4n) is 5.57. The molecule has 9 nitrogen and oxygen atoms in total. The highest BCUT2D eigenvalue weighted by Gasteiger charge is 2.32. The summed E-state index contributed by atoms with van der Waals surface area (Å²) in [5, 5.41) is 12.5. The Morgan fingerprint density at radius 2 is 1.75 bits per heavy atom. The first-order chi connectivity index (χ1) is 23.4. The smallest absolute Gasteiger partial charge is 0.271 e. The number of aromatic nitrogens is 1. The predicted molar refractivity (Wildman–Crippen MR) is 185 cm³/mol. The summed E-state index contributed by atoms with van der Waals surface area (Å²) >= 11 is 1.23. The number of hydrogen-bond donors (Lipinski definition) is 1. The van der Waals surface area contributed by atoms with Crippen LogP contribution in [-0.2, 0) is 11.4 Å². The van der Waals surface area contributed by atoms with E-state index in [1.165, 1.54) is 11.3 Å². The van der Waals surface area contributed by atoms with Crippen molar-refractivity contribution in [2.75, 3.05) is 19.0 Å². The number of carbonyl (C=O) groups is 1. The Balaban J connectivity index is 1.45. The number of amides is 1. The van der Waals surface area contributed by atoms with Crippen molar-refractivity contribution in [2.45, 2.75) is 26.5 Å². The number of anilines is 1. The highest BCUT2D eigenvalue weighted by Crippen LogP contribution is 2.34. The summed E-state index contributed by atoms with van der Waals surface area (Å²) in [7, 11) is 1.55. The molecule has 1 aliphatic heterocycles. The monoisotopic (exact) mass is 656 g/mol. The zero-order chi connectivity index (χ0) is 33.6. The van der Waals surface area contributed by atoms with Crippen LogP contribution in [0.3, 0.4) is 0 Å². The van der Waals surface area contributed by atoms with Gasteiger partial charge in [-0.25, -0.2) is 4.99 Å². The van der Waals surface area contributed by atoms with Crippen LogP contribution in [0.2, 0.25) is 0 Å². The van der Waals surface area contributed by atoms with Crippen LogP contribution in [0.1, 0.15) is 42.1 Å². The van der Waals surface area contributed by atoms with Crippen LogP contribution >= 0.6 is 11.3 Å². The van der Waals surface area contributed by atoms with Crippen LogP contribution < -0.4 is 34.4 Å². The zero-order valence-electron chi connectivity index (χ0n) is 26.6. The highest BCUT2D eigenvalue weighted by atomic mass is 32.1. The van der Waals surface area contributed by atoms with Crippen molar-refractivity contribution in [2.24, 2.45) is 4.99 Å². The Hall–Kier alpha value is -5.92. The van der Waals surface area contributed by atoms with Crippen LogP contribution in [0.5, 0.6) is 17.2 Å². The third kappa shape index (κ3) is 6.49. The Morgan fingerprint density at radius 3 is 2.48 bits per heavy atom. The first-order valence-corrected chi connectivity index (χ1v) is 16.1. The fourth-order valence-corrected chi connectivity index (χ4v) is 6.61. The number of nitrogens with zero attached hydrogens (tertiary/aromatic N) is 3. The average molecular weight is 657 g/mol. The number of methoxy groups -OCH3 is 1. The number of ether oxygens (including phenoxy) is 3. The van der Waals surface area contributed by atoms with Crippen molar-refractivity contribution in [3.8, 4) is 23.3 Å². The molecule has 0 unspecified atom stereocenters. The van der Waals surface area contributed by atoms with Crippen LogP contribution in [-0.4, -0.2) is 24.2 Å². The molecule has 1 aliphatic rings. The van der Waals surface area contributed by atoms with Gasteiger partial charge in [0.1, 0.15) is 12.4 Å². The number of allylic oxidation sites excluding steroid dienone is 1. The lowest BCUT2D eigenvalue weighted by atomic mass is 9.95. The molecule has 0 saturated carbocycles. The normalized spacial score (nSPS) is 14.0. The third-order valence-corrected chi connectivity index (χ3v) is 8.81. The zero-order valence-corrected chi connectivity index (χ0v) is 27.4. The van der Waals surface area contributed by atoms with Crippen molar-refractivity contribution >= 4 is 29.0 Å². The molecule has 4 aromatic carbocycles. The van der Waals surface area contributed by atoms with Gasteiger partial charge in [-0.3, -0.25) is 14.2 Å². The molecule has 0 spiro atoms. The molecule has 5 aromatic rings. The SMILES string of the molecule is CCOc1ccc([C@@H]2C(C(=O)Nc3ccccc3)=C(C)N=c3s/c(=C\c4cccc(OC)c4OCc4ccccc4C#N)c(=O)n32)cc1. The number of nitriles is 1. The average Bonchev–Trinajstić information content (AvgIpc) is 3.41. The summed E-state index contributed by atoms with van der Waals surface area (Å²) in [6.45, 7) is 4.34. The summed E-state index contributed by atoms with van der Waals surface area (Å²) < 4.78 is 19.5. The number of para-hydroxylation sites is 2. The molecule has 1 atom stereocenters. The largest absolute Gasteiger partial charge is 0.494 e. The molecule has 0 radical (unpaired) electrons. The number of benzene rings is 4. The molecule has 0 bridgehead atoms. The number of nitrogens with one attached hydrogen (secondary N) is 1. The van der Waals surface area contributed by atoms with Crippen LogP contribution in [0.4, 0.5) is 5.69 Å². The molecule has 240 valence electrons. The van der Waals surface area contributed by atoms with E-state index in [0.29, 0.717) is 61.3 Å². The van der Waals surface area contributed by atoms with E-state index < -0.39 is 6.04 Å². The Kier molecular flexibility index (Phi) is 9.50. The molecule has 0 saturated heterocycles. The van der Waals surface area contributed by atoms with Gasteiger partial charge in [0.2, 0.25) is 0 Å². The number of rotatable bonds is 10. The van der Waals surface area contributed by atoms with Gasteiger partial charge >= 0.3 is 0 Å². The minimum Gasteiger partial charge on any atom is -0.494 e. The Morgan fingerprint density at radius 1 is 1.00 bits per heavy atom. The maximum absolute atomic E-state index is 14.3. The molecule has 0 fully saturated rings. The van der Waals surface area contributed by atoms with E-state index in [1.54, 1.807) is 42.9 Å². The van der Waals surface area contributed by atoms with Gasteiger partial charge in [0.25, 0.3) is 11.5 Å². The van der Waals surface area contributed by atoms with E-state index in [2.05, 4.69) is 11.4 Å². The van der Waals surface area contributed by atoms with Gasteiger partial charge in [-0.1, -0.05) is 72.0 Å². The quantitative estimate of drug-likeness (QED) is 0.205. The molecule has 6 rings (SSSR count). The van der Waals surface area contributed by atoms with Crippen molar-refractivity contribution in [1.29, 1.82) is 5.26 Å². The maximum atomic E-state index is 14.3. The van der Waals surface area contributed by atoms with E-state index in [9.17, 15) is 14.9 Å². The Bertz CT molecular complexity index is 2230. The summed E-state index contributed by atoms with van der Waals surface area (Å²) in [5.41, 5.74) is 3.79. The van der Waals surface area contributed by atoms with Crippen molar-refractivity contribution in [3.63, 3.8) is 0 Å². The fraction of sp³-hybridized carbons (Fsp3) is 0.158. The molecular formula is C38H32N4O5S. The molecule has 2 heterocycles. The minimum atomic E-state index is -0.744. The summed E-state index contributed by atoms with van der Waals surface area (Å²) in [4.78, 5) is 33.4. The van der Waals surface area contributed by atoms with Gasteiger partial charge < -0.3 is 19.5 Å². The molecule has 1 aromatic heterocycles. The lowest BCUT2D eigenvalue weighted by Gasteiger charge is -2.25. The number of hydrogen-bond acceptors (Lipinski definition) is 8. The molecule has 1 amide bonds. The van der Waals surface area contributed by atoms with Gasteiger partial charge in [-0.05, 0) is 61.9 Å². The summed E-state index contributed by atoms with van der Waals surface area (Å²) in [6, 6.07) is 30.7. The molecule has 1 N–H and O–H groups in total. The molecule has 0 aliphatic carbocycles. The van der Waals surface area contributed by atoms with Crippen molar-refractivity contribution in [1.82, 2.24) is 4.57 Å². The predicted octanol–water partition coefficient (Wildman–Crippen LogP) is 5.73. The standard InChI is InChI=1S/C38H32N4O5S/c1-4-46-30-19-17-25(18-20-30)34-33(36(43)41-29-14-6-5-7-15-29)24(2)40-38-42(34)37(44)32(48-38)21-26-13-10-16-31(45-3)35(26)47-23-28-12-9-8-11-27(28)22-39/h5-21,34H,4,23H2,1-3H3,(H,41,43)/b32-21-/t34-/m1/s1. The van der Waals surface area contributed by atoms with Gasteiger partial charge in [0.15, 0.2) is 16.3 Å². The summed E-state index contributed by atoms with van der Waals surface area (Å²) in [6.07, 6.45) is 1.75. The third-order valence-electron chi connectivity index (χ3n) is 7.83. The van der Waals surface area contributed by atoms with Crippen molar-refractivity contribution < 1.29 is 19.0 Å².